The minimum atomic E-state index is -4.53. The van der Waals surface area contributed by atoms with Crippen molar-refractivity contribution in [3.8, 4) is 11.6 Å². The summed E-state index contributed by atoms with van der Waals surface area (Å²) in [4.78, 5) is 0. The summed E-state index contributed by atoms with van der Waals surface area (Å²) in [5.74, 6) is 0.00271. The van der Waals surface area contributed by atoms with Crippen LogP contribution in [0.4, 0.5) is 13.2 Å². The van der Waals surface area contributed by atoms with E-state index in [1.54, 1.807) is 31.2 Å². The third kappa shape index (κ3) is 2.84. The van der Waals surface area contributed by atoms with E-state index in [1.165, 1.54) is 0 Å². The summed E-state index contributed by atoms with van der Waals surface area (Å²) in [6.07, 6.45) is -4.53. The van der Waals surface area contributed by atoms with Crippen LogP contribution in [0, 0.1) is 0 Å². The Kier molecular flexibility index (Phi) is 3.71. The van der Waals surface area contributed by atoms with Crippen molar-refractivity contribution in [1.82, 2.24) is 9.78 Å². The molecule has 0 aliphatic rings. The standard InChI is InChI=1S/C12H10ClF3N2O/c1-2-19-11-7-10(12(14,15)16)17-18(11)9-6-4-3-5-8(9)13/h3-7H,2H2,1H3. The molecule has 0 aliphatic carbocycles. The third-order valence-electron chi connectivity index (χ3n) is 2.34. The van der Waals surface area contributed by atoms with Crippen LogP contribution < -0.4 is 4.74 Å². The molecular weight excluding hydrogens is 281 g/mol. The first kappa shape index (κ1) is 13.7. The Balaban J connectivity index is 2.56. The number of aromatic nitrogens is 2. The number of ether oxygens (including phenoxy) is 1. The number of hydrogen-bond acceptors (Lipinski definition) is 2. The van der Waals surface area contributed by atoms with Crippen LogP contribution in [0.2, 0.25) is 5.02 Å². The fraction of sp³-hybridized carbons (Fsp3) is 0.250. The normalized spacial score (nSPS) is 11.6. The van der Waals surface area contributed by atoms with Crippen LogP contribution in [0.5, 0.6) is 5.88 Å². The van der Waals surface area contributed by atoms with E-state index in [1.807, 2.05) is 0 Å². The van der Waals surface area contributed by atoms with Crippen LogP contribution in [0.3, 0.4) is 0 Å². The fourth-order valence-electron chi connectivity index (χ4n) is 1.55. The van der Waals surface area contributed by atoms with Gasteiger partial charge in [-0.2, -0.15) is 23.0 Å². The van der Waals surface area contributed by atoms with Crippen LogP contribution in [-0.4, -0.2) is 16.4 Å². The third-order valence-corrected chi connectivity index (χ3v) is 2.66. The largest absolute Gasteiger partial charge is 0.478 e. The molecule has 0 bridgehead atoms. The zero-order valence-electron chi connectivity index (χ0n) is 9.91. The molecular formula is C12H10ClF3N2O. The molecule has 3 nitrogen and oxygen atoms in total. The summed E-state index contributed by atoms with van der Waals surface area (Å²) in [5, 5.41) is 3.81. The zero-order chi connectivity index (χ0) is 14.0. The Bertz CT molecular complexity index is 581. The molecule has 102 valence electrons. The zero-order valence-corrected chi connectivity index (χ0v) is 10.7. The second-order valence-electron chi connectivity index (χ2n) is 3.66. The van der Waals surface area contributed by atoms with Gasteiger partial charge in [0.05, 0.1) is 17.3 Å². The molecule has 1 aromatic carbocycles. The van der Waals surface area contributed by atoms with E-state index >= 15 is 0 Å². The van der Waals surface area contributed by atoms with Gasteiger partial charge in [0.25, 0.3) is 0 Å². The Morgan fingerprint density at radius 3 is 2.58 bits per heavy atom. The average Bonchev–Trinajstić information content (AvgIpc) is 2.74. The lowest BCUT2D eigenvalue weighted by Gasteiger charge is -2.08. The molecule has 0 aliphatic heterocycles. The number of benzene rings is 1. The Morgan fingerprint density at radius 1 is 1.32 bits per heavy atom. The van der Waals surface area contributed by atoms with Gasteiger partial charge in [0.2, 0.25) is 5.88 Å². The highest BCUT2D eigenvalue weighted by atomic mass is 35.5. The lowest BCUT2D eigenvalue weighted by Crippen LogP contribution is -2.07. The number of halogens is 4. The highest BCUT2D eigenvalue weighted by molar-refractivity contribution is 6.32. The number of hydrogen-bond donors (Lipinski definition) is 0. The smallest absolute Gasteiger partial charge is 0.435 e. The molecule has 0 radical (unpaired) electrons. The van der Waals surface area contributed by atoms with E-state index in [0.717, 1.165) is 10.7 Å². The molecule has 7 heteroatoms. The van der Waals surface area contributed by atoms with Gasteiger partial charge in [0.1, 0.15) is 0 Å². The Morgan fingerprint density at radius 2 is 2.00 bits per heavy atom. The van der Waals surface area contributed by atoms with Crippen LogP contribution in [-0.2, 0) is 6.18 Å². The van der Waals surface area contributed by atoms with Crippen LogP contribution >= 0.6 is 11.6 Å². The molecule has 0 fully saturated rings. The predicted octanol–water partition coefficient (Wildman–Crippen LogP) is 3.94. The van der Waals surface area contributed by atoms with Crippen molar-refractivity contribution in [3.63, 3.8) is 0 Å². The Hall–Kier alpha value is -1.69. The van der Waals surface area contributed by atoms with Gasteiger partial charge >= 0.3 is 6.18 Å². The van der Waals surface area contributed by atoms with Crippen molar-refractivity contribution >= 4 is 11.6 Å². The number of para-hydroxylation sites is 1. The minimum absolute atomic E-state index is 0.00271. The molecule has 0 atom stereocenters. The Labute approximate surface area is 112 Å². The van der Waals surface area contributed by atoms with Gasteiger partial charge in [-0.15, -0.1) is 0 Å². The van der Waals surface area contributed by atoms with E-state index in [4.69, 9.17) is 16.3 Å². The molecule has 0 N–H and O–H groups in total. The second kappa shape index (κ2) is 5.13. The van der Waals surface area contributed by atoms with Crippen molar-refractivity contribution in [3.05, 3.63) is 41.0 Å². The predicted molar refractivity (Wildman–Crippen MR) is 64.7 cm³/mol. The summed E-state index contributed by atoms with van der Waals surface area (Å²) in [6.45, 7) is 1.91. The minimum Gasteiger partial charge on any atom is -0.478 e. The monoisotopic (exact) mass is 290 g/mol. The van der Waals surface area contributed by atoms with Gasteiger partial charge < -0.3 is 4.74 Å². The van der Waals surface area contributed by atoms with E-state index in [2.05, 4.69) is 5.10 Å². The van der Waals surface area contributed by atoms with Gasteiger partial charge in [-0.1, -0.05) is 23.7 Å². The summed E-state index contributed by atoms with van der Waals surface area (Å²) < 4.78 is 44.2. The van der Waals surface area contributed by atoms with Gasteiger partial charge in [-0.05, 0) is 19.1 Å². The molecule has 0 spiro atoms. The van der Waals surface area contributed by atoms with Crippen molar-refractivity contribution in [2.75, 3.05) is 6.61 Å². The van der Waals surface area contributed by atoms with Gasteiger partial charge in [-0.3, -0.25) is 0 Å². The van der Waals surface area contributed by atoms with Crippen LogP contribution in [0.15, 0.2) is 30.3 Å². The molecule has 2 aromatic rings. The molecule has 1 heterocycles. The molecule has 2 rings (SSSR count). The quantitative estimate of drug-likeness (QED) is 0.856. The molecule has 0 saturated carbocycles. The van der Waals surface area contributed by atoms with E-state index in [9.17, 15) is 13.2 Å². The second-order valence-corrected chi connectivity index (χ2v) is 4.07. The first-order valence-electron chi connectivity index (χ1n) is 5.48. The summed E-state index contributed by atoms with van der Waals surface area (Å²) >= 11 is 5.96. The number of nitrogens with zero attached hydrogens (tertiary/aromatic N) is 2. The molecule has 0 amide bonds. The topological polar surface area (TPSA) is 27.1 Å². The maximum absolute atomic E-state index is 12.7. The number of rotatable bonds is 3. The maximum atomic E-state index is 12.7. The molecule has 0 saturated heterocycles. The van der Waals surface area contributed by atoms with Crippen LogP contribution in [0.1, 0.15) is 12.6 Å². The van der Waals surface area contributed by atoms with Crippen molar-refractivity contribution in [2.45, 2.75) is 13.1 Å². The first-order valence-corrected chi connectivity index (χ1v) is 5.86. The highest BCUT2D eigenvalue weighted by Gasteiger charge is 2.35. The lowest BCUT2D eigenvalue weighted by molar-refractivity contribution is -0.141. The van der Waals surface area contributed by atoms with E-state index in [-0.39, 0.29) is 12.5 Å². The SMILES string of the molecule is CCOc1cc(C(F)(F)F)nn1-c1ccccc1Cl. The molecule has 19 heavy (non-hydrogen) atoms. The first-order chi connectivity index (χ1) is 8.93. The van der Waals surface area contributed by atoms with Crippen molar-refractivity contribution in [2.24, 2.45) is 0 Å². The molecule has 0 unspecified atom stereocenters. The summed E-state index contributed by atoms with van der Waals surface area (Å²) in [6, 6.07) is 7.33. The number of alkyl halides is 3. The fourth-order valence-corrected chi connectivity index (χ4v) is 1.77. The highest BCUT2D eigenvalue weighted by Crippen LogP contribution is 2.33. The van der Waals surface area contributed by atoms with Crippen LogP contribution in [0.25, 0.3) is 5.69 Å². The van der Waals surface area contributed by atoms with Gasteiger partial charge in [0.15, 0.2) is 5.69 Å². The summed E-state index contributed by atoms with van der Waals surface area (Å²) in [7, 11) is 0. The van der Waals surface area contributed by atoms with Crippen molar-refractivity contribution < 1.29 is 17.9 Å². The van der Waals surface area contributed by atoms with Gasteiger partial charge in [0, 0.05) is 6.07 Å². The average molecular weight is 291 g/mol. The lowest BCUT2D eigenvalue weighted by atomic mass is 10.3. The molecule has 1 aromatic heterocycles. The summed E-state index contributed by atoms with van der Waals surface area (Å²) in [5.41, 5.74) is -0.681. The van der Waals surface area contributed by atoms with Crippen molar-refractivity contribution in [1.29, 1.82) is 0 Å². The maximum Gasteiger partial charge on any atom is 0.435 e. The van der Waals surface area contributed by atoms with Gasteiger partial charge in [-0.25, -0.2) is 0 Å². The van der Waals surface area contributed by atoms with E-state index in [0.29, 0.717) is 10.7 Å². The van der Waals surface area contributed by atoms with E-state index < -0.39 is 11.9 Å².